The molecule has 0 aliphatic carbocycles. The average molecular weight is 354 g/mol. The summed E-state index contributed by atoms with van der Waals surface area (Å²) in [6.07, 6.45) is 0.969. The van der Waals surface area contributed by atoms with Crippen molar-refractivity contribution in [2.75, 3.05) is 31.1 Å². The van der Waals surface area contributed by atoms with E-state index in [2.05, 4.69) is 36.9 Å². The Labute approximate surface area is 131 Å². The Morgan fingerprint density at radius 1 is 1.48 bits per heavy atom. The summed E-state index contributed by atoms with van der Waals surface area (Å²) in [6, 6.07) is 2.16. The number of halogens is 1. The summed E-state index contributed by atoms with van der Waals surface area (Å²) in [4.78, 5) is 22.9. The van der Waals surface area contributed by atoms with Gasteiger partial charge >= 0.3 is 6.09 Å². The molecule has 8 heteroatoms. The number of rotatable bonds is 3. The molecule has 1 aromatic heterocycles. The molecule has 1 aliphatic heterocycles. The number of hydrogen-bond acceptors (Lipinski definition) is 5. The largest absolute Gasteiger partial charge is 0.465 e. The molecule has 1 aromatic rings. The Bertz CT molecular complexity index is 566. The van der Waals surface area contributed by atoms with E-state index in [0.29, 0.717) is 37.2 Å². The van der Waals surface area contributed by atoms with Crippen molar-refractivity contribution in [2.45, 2.75) is 19.3 Å². The lowest BCUT2D eigenvalue weighted by atomic mass is 10.00. The van der Waals surface area contributed by atoms with Gasteiger partial charge in [0.1, 0.15) is 16.7 Å². The van der Waals surface area contributed by atoms with Gasteiger partial charge in [-0.3, -0.25) is 0 Å². The van der Waals surface area contributed by atoms with Crippen LogP contribution in [0.3, 0.4) is 0 Å². The lowest BCUT2D eigenvalue weighted by molar-refractivity contribution is 0.142. The van der Waals surface area contributed by atoms with Crippen molar-refractivity contribution in [1.29, 1.82) is 5.26 Å². The predicted octanol–water partition coefficient (Wildman–Crippen LogP) is 2.06. The van der Waals surface area contributed by atoms with Crippen molar-refractivity contribution >= 4 is 27.8 Å². The number of anilines is 1. The molecule has 0 aromatic carbocycles. The monoisotopic (exact) mass is 353 g/mol. The number of carbonyl (C=O) groups is 1. The Morgan fingerprint density at radius 2 is 2.14 bits per heavy atom. The highest BCUT2D eigenvalue weighted by Gasteiger charge is 2.25. The van der Waals surface area contributed by atoms with Crippen LogP contribution in [0.5, 0.6) is 0 Å². The Hall–Kier alpha value is -1.88. The van der Waals surface area contributed by atoms with Gasteiger partial charge in [0, 0.05) is 44.1 Å². The summed E-state index contributed by atoms with van der Waals surface area (Å²) in [5, 5.41) is 17.9. The van der Waals surface area contributed by atoms with Gasteiger partial charge in [0.15, 0.2) is 0 Å². The zero-order valence-electron chi connectivity index (χ0n) is 11.7. The first-order chi connectivity index (χ1) is 10.0. The minimum atomic E-state index is -0.892. The summed E-state index contributed by atoms with van der Waals surface area (Å²) in [5.41, 5.74) is 0.905. The molecule has 1 N–H and O–H groups in total. The second kappa shape index (κ2) is 6.72. The van der Waals surface area contributed by atoms with Crippen LogP contribution in [0.2, 0.25) is 0 Å². The SMILES string of the molecule is C[C@H](CC#N)c1c(Br)ncnc1N1CCN(C(=O)O)CC1. The van der Waals surface area contributed by atoms with Crippen molar-refractivity contribution < 1.29 is 9.90 Å². The molecule has 21 heavy (non-hydrogen) atoms. The molecule has 2 heterocycles. The zero-order chi connectivity index (χ0) is 15.4. The van der Waals surface area contributed by atoms with E-state index >= 15 is 0 Å². The van der Waals surface area contributed by atoms with Gasteiger partial charge in [-0.15, -0.1) is 0 Å². The topological polar surface area (TPSA) is 93.4 Å². The van der Waals surface area contributed by atoms with E-state index in [0.717, 1.165) is 11.4 Å². The summed E-state index contributed by atoms with van der Waals surface area (Å²) in [5.74, 6) is 0.794. The number of amides is 1. The van der Waals surface area contributed by atoms with Crippen LogP contribution in [0.1, 0.15) is 24.8 Å². The fourth-order valence-electron chi connectivity index (χ4n) is 2.39. The molecular weight excluding hydrogens is 338 g/mol. The Balaban J connectivity index is 2.23. The molecule has 1 amide bonds. The number of piperazine rings is 1. The van der Waals surface area contributed by atoms with E-state index in [1.54, 1.807) is 0 Å². The molecule has 1 fully saturated rings. The summed E-state index contributed by atoms with van der Waals surface area (Å²) < 4.78 is 0.691. The molecule has 1 atom stereocenters. The summed E-state index contributed by atoms with van der Waals surface area (Å²) in [6.45, 7) is 4.03. The number of hydrogen-bond donors (Lipinski definition) is 1. The number of carboxylic acid groups (broad SMARTS) is 1. The molecule has 7 nitrogen and oxygen atoms in total. The molecule has 112 valence electrons. The second-order valence-corrected chi connectivity index (χ2v) is 5.67. The third kappa shape index (κ3) is 3.42. The lowest BCUT2D eigenvalue weighted by Crippen LogP contribution is -2.48. The first kappa shape index (κ1) is 15.5. The van der Waals surface area contributed by atoms with Gasteiger partial charge in [-0.2, -0.15) is 5.26 Å². The molecular formula is C13H16BrN5O2. The summed E-state index contributed by atoms with van der Waals surface area (Å²) >= 11 is 3.43. The molecule has 1 saturated heterocycles. The van der Waals surface area contributed by atoms with Gasteiger partial charge in [-0.1, -0.05) is 6.92 Å². The van der Waals surface area contributed by atoms with Crippen molar-refractivity contribution in [1.82, 2.24) is 14.9 Å². The summed E-state index contributed by atoms with van der Waals surface area (Å²) in [7, 11) is 0. The van der Waals surface area contributed by atoms with E-state index in [1.165, 1.54) is 11.2 Å². The first-order valence-corrected chi connectivity index (χ1v) is 7.44. The van der Waals surface area contributed by atoms with Gasteiger partial charge in [0.2, 0.25) is 0 Å². The van der Waals surface area contributed by atoms with E-state index in [-0.39, 0.29) is 5.92 Å². The van der Waals surface area contributed by atoms with Crippen LogP contribution in [0.4, 0.5) is 10.6 Å². The van der Waals surface area contributed by atoms with Crippen molar-refractivity contribution in [3.8, 4) is 6.07 Å². The first-order valence-electron chi connectivity index (χ1n) is 6.64. The maximum Gasteiger partial charge on any atom is 0.407 e. The second-order valence-electron chi connectivity index (χ2n) is 4.92. The molecule has 0 unspecified atom stereocenters. The third-order valence-electron chi connectivity index (χ3n) is 3.55. The van der Waals surface area contributed by atoms with Crippen LogP contribution >= 0.6 is 15.9 Å². The number of nitrogens with zero attached hydrogens (tertiary/aromatic N) is 5. The van der Waals surface area contributed by atoms with Crippen LogP contribution in [0.25, 0.3) is 0 Å². The van der Waals surface area contributed by atoms with Gasteiger partial charge in [0.25, 0.3) is 0 Å². The molecule has 2 rings (SSSR count). The molecule has 1 aliphatic rings. The fourth-order valence-corrected chi connectivity index (χ4v) is 3.05. The van der Waals surface area contributed by atoms with Crippen LogP contribution in [-0.4, -0.2) is 52.2 Å². The Morgan fingerprint density at radius 3 is 2.71 bits per heavy atom. The van der Waals surface area contributed by atoms with Crippen LogP contribution in [-0.2, 0) is 0 Å². The van der Waals surface area contributed by atoms with Crippen molar-refractivity contribution in [2.24, 2.45) is 0 Å². The van der Waals surface area contributed by atoms with E-state index in [1.807, 2.05) is 6.92 Å². The highest BCUT2D eigenvalue weighted by atomic mass is 79.9. The van der Waals surface area contributed by atoms with E-state index in [4.69, 9.17) is 10.4 Å². The highest BCUT2D eigenvalue weighted by Crippen LogP contribution is 2.33. The predicted molar refractivity (Wildman–Crippen MR) is 80.2 cm³/mol. The number of nitriles is 1. The highest BCUT2D eigenvalue weighted by molar-refractivity contribution is 9.10. The van der Waals surface area contributed by atoms with Gasteiger partial charge in [-0.05, 0) is 15.9 Å². The van der Waals surface area contributed by atoms with Gasteiger partial charge in [-0.25, -0.2) is 14.8 Å². The van der Waals surface area contributed by atoms with Crippen LogP contribution < -0.4 is 4.90 Å². The normalized spacial score (nSPS) is 16.4. The van der Waals surface area contributed by atoms with Crippen LogP contribution in [0, 0.1) is 11.3 Å². The maximum atomic E-state index is 11.0. The van der Waals surface area contributed by atoms with Gasteiger partial charge < -0.3 is 14.9 Å². The van der Waals surface area contributed by atoms with Crippen LogP contribution in [0.15, 0.2) is 10.9 Å². The minimum absolute atomic E-state index is 0.0121. The maximum absolute atomic E-state index is 11.0. The number of aromatic nitrogens is 2. The minimum Gasteiger partial charge on any atom is -0.465 e. The van der Waals surface area contributed by atoms with Crippen molar-refractivity contribution in [3.05, 3.63) is 16.5 Å². The smallest absolute Gasteiger partial charge is 0.407 e. The molecule has 0 spiro atoms. The zero-order valence-corrected chi connectivity index (χ0v) is 13.2. The molecule has 0 bridgehead atoms. The average Bonchev–Trinajstić information content (AvgIpc) is 2.47. The van der Waals surface area contributed by atoms with E-state index < -0.39 is 6.09 Å². The van der Waals surface area contributed by atoms with Crippen molar-refractivity contribution in [3.63, 3.8) is 0 Å². The van der Waals surface area contributed by atoms with Gasteiger partial charge in [0.05, 0.1) is 6.07 Å². The quantitative estimate of drug-likeness (QED) is 0.835. The molecule has 0 saturated carbocycles. The standard InChI is InChI=1S/C13H16BrN5O2/c1-9(2-3-15)10-11(14)16-8-17-12(10)18-4-6-19(7-5-18)13(20)21/h8-9H,2,4-7H2,1H3,(H,20,21)/t9-/m1/s1. The van der Waals surface area contributed by atoms with E-state index in [9.17, 15) is 4.79 Å². The Kier molecular flexibility index (Phi) is 4.96. The molecule has 0 radical (unpaired) electrons. The fraction of sp³-hybridized carbons (Fsp3) is 0.538. The third-order valence-corrected chi connectivity index (χ3v) is 4.19. The lowest BCUT2D eigenvalue weighted by Gasteiger charge is -2.35.